The van der Waals surface area contributed by atoms with Crippen LogP contribution in [0.2, 0.25) is 6.32 Å². The molecule has 0 bridgehead atoms. The molecular weight excluding hydrogens is 332 g/mol. The number of carbonyl (C=O) groups excluding carboxylic acids is 1. The van der Waals surface area contributed by atoms with E-state index in [0.29, 0.717) is 5.69 Å². The summed E-state index contributed by atoms with van der Waals surface area (Å²) in [4.78, 5) is 25.8. The van der Waals surface area contributed by atoms with Crippen LogP contribution in [0.1, 0.15) is 6.42 Å². The predicted octanol–water partition coefficient (Wildman–Crippen LogP) is -0.977. The molecule has 8 nitrogen and oxygen atoms in total. The summed E-state index contributed by atoms with van der Waals surface area (Å²) in [6.45, 7) is 0.196. The number of rotatable bonds is 7. The first-order valence-electron chi connectivity index (χ1n) is 7.92. The monoisotopic (exact) mass is 353 g/mol. The van der Waals surface area contributed by atoms with Crippen LogP contribution < -0.4 is 16.0 Å². The highest BCUT2D eigenvalue weighted by molar-refractivity contribution is 6.40. The van der Waals surface area contributed by atoms with Gasteiger partial charge in [0.2, 0.25) is 5.91 Å². The number of benzene rings is 1. The summed E-state index contributed by atoms with van der Waals surface area (Å²) in [5, 5.41) is 30.1. The summed E-state index contributed by atoms with van der Waals surface area (Å²) in [7, 11) is -1.51. The molecule has 10 heteroatoms. The molecule has 2 rings (SSSR count). The van der Waals surface area contributed by atoms with Gasteiger partial charge in [-0.2, -0.15) is 0 Å². The fourth-order valence-electron chi connectivity index (χ4n) is 2.87. The maximum Gasteiger partial charge on any atom is 0.451 e. The Hall–Kier alpha value is -2.01. The third-order valence-corrected chi connectivity index (χ3v) is 4.33. The number of anilines is 1. The van der Waals surface area contributed by atoms with Crippen LogP contribution in [-0.2, 0) is 9.59 Å². The average molecular weight is 353 g/mol. The molecule has 6 N–H and O–H groups in total. The first-order valence-corrected chi connectivity index (χ1v) is 7.92. The number of amides is 1. The average Bonchev–Trinajstić information content (AvgIpc) is 2.95. The van der Waals surface area contributed by atoms with Crippen molar-refractivity contribution >= 4 is 24.7 Å². The molecule has 1 aliphatic heterocycles. The molecule has 0 unspecified atom stereocenters. The Morgan fingerprint density at radius 1 is 1.36 bits per heavy atom. The summed E-state index contributed by atoms with van der Waals surface area (Å²) in [5.41, 5.74) is 4.57. The Kier molecular flexibility index (Phi) is 6.12. The Balaban J connectivity index is 2.25. The summed E-state index contributed by atoms with van der Waals surface area (Å²) < 4.78 is 13.2. The fourth-order valence-corrected chi connectivity index (χ4v) is 2.87. The van der Waals surface area contributed by atoms with Gasteiger partial charge in [0.25, 0.3) is 0 Å². The summed E-state index contributed by atoms with van der Waals surface area (Å²) >= 11 is 0. The number of hydrogen-bond donors (Lipinski definition) is 5. The summed E-state index contributed by atoms with van der Waals surface area (Å²) in [6.07, 6.45) is 0.312. The van der Waals surface area contributed by atoms with E-state index in [-0.39, 0.29) is 32.4 Å². The zero-order valence-corrected chi connectivity index (χ0v) is 13.6. The molecule has 0 radical (unpaired) electrons. The molecule has 0 spiro atoms. The fraction of sp³-hybridized carbons (Fsp3) is 0.467. The second kappa shape index (κ2) is 7.92. The van der Waals surface area contributed by atoms with Gasteiger partial charge in [-0.15, -0.1) is 0 Å². The highest BCUT2D eigenvalue weighted by atomic mass is 19.1. The summed E-state index contributed by atoms with van der Waals surface area (Å²) in [5.74, 6) is -3.24. The second-order valence-corrected chi connectivity index (χ2v) is 6.12. The molecule has 1 fully saturated rings. The Morgan fingerprint density at radius 3 is 2.56 bits per heavy atom. The van der Waals surface area contributed by atoms with Crippen molar-refractivity contribution in [1.82, 2.24) is 5.32 Å². The van der Waals surface area contributed by atoms with Crippen molar-refractivity contribution in [1.29, 1.82) is 0 Å². The van der Waals surface area contributed by atoms with Gasteiger partial charge in [0.15, 0.2) is 0 Å². The van der Waals surface area contributed by atoms with E-state index in [1.165, 1.54) is 29.2 Å². The van der Waals surface area contributed by atoms with E-state index < -0.39 is 36.3 Å². The Labute approximate surface area is 144 Å². The number of nitrogens with one attached hydrogen (secondary N) is 1. The SMILES string of the molecule is N[C@@]1(C(=O)O)CNC[C@@H]1C(=O)N(CCCB(O)O)c1ccc(F)cc1. The number of halogens is 1. The van der Waals surface area contributed by atoms with E-state index in [1.807, 2.05) is 0 Å². The molecule has 25 heavy (non-hydrogen) atoms. The topological polar surface area (TPSA) is 136 Å². The maximum absolute atomic E-state index is 13.2. The zero-order chi connectivity index (χ0) is 18.6. The van der Waals surface area contributed by atoms with Crippen LogP contribution in [0, 0.1) is 11.7 Å². The Bertz CT molecular complexity index is 630. The Morgan fingerprint density at radius 2 is 2.00 bits per heavy atom. The number of nitrogens with two attached hydrogens (primary N) is 1. The van der Waals surface area contributed by atoms with Crippen LogP contribution in [0.5, 0.6) is 0 Å². The molecular formula is C15H21BFN3O5. The molecule has 1 aromatic carbocycles. The lowest BCUT2D eigenvalue weighted by Gasteiger charge is -2.31. The van der Waals surface area contributed by atoms with Crippen molar-refractivity contribution < 1.29 is 29.1 Å². The molecule has 0 aliphatic carbocycles. The van der Waals surface area contributed by atoms with Crippen LogP contribution >= 0.6 is 0 Å². The van der Waals surface area contributed by atoms with Gasteiger partial charge in [-0.25, -0.2) is 4.39 Å². The number of hydrogen-bond acceptors (Lipinski definition) is 6. The third kappa shape index (κ3) is 4.34. The van der Waals surface area contributed by atoms with Crippen LogP contribution in [0.4, 0.5) is 10.1 Å². The van der Waals surface area contributed by atoms with Crippen LogP contribution in [0.25, 0.3) is 0 Å². The van der Waals surface area contributed by atoms with Gasteiger partial charge in [-0.3, -0.25) is 9.59 Å². The highest BCUT2D eigenvalue weighted by Crippen LogP contribution is 2.26. The van der Waals surface area contributed by atoms with Gasteiger partial charge < -0.3 is 31.1 Å². The van der Waals surface area contributed by atoms with Crippen LogP contribution in [0.15, 0.2) is 24.3 Å². The van der Waals surface area contributed by atoms with E-state index in [9.17, 15) is 19.1 Å². The largest absolute Gasteiger partial charge is 0.480 e. The lowest BCUT2D eigenvalue weighted by Crippen LogP contribution is -2.59. The van der Waals surface area contributed by atoms with Gasteiger partial charge in [0.1, 0.15) is 11.4 Å². The molecule has 1 aromatic rings. The molecule has 1 aliphatic rings. The van der Waals surface area contributed by atoms with Crippen molar-refractivity contribution in [2.45, 2.75) is 18.3 Å². The van der Waals surface area contributed by atoms with Gasteiger partial charge in [-0.05, 0) is 37.0 Å². The number of carboxylic acid groups (broad SMARTS) is 1. The van der Waals surface area contributed by atoms with E-state index >= 15 is 0 Å². The van der Waals surface area contributed by atoms with E-state index in [0.717, 1.165) is 0 Å². The molecule has 2 atom stereocenters. The minimum absolute atomic E-state index is 0.0364. The van der Waals surface area contributed by atoms with Crippen LogP contribution in [0.3, 0.4) is 0 Å². The van der Waals surface area contributed by atoms with Crippen molar-refractivity contribution in [2.24, 2.45) is 11.7 Å². The summed E-state index contributed by atoms with van der Waals surface area (Å²) in [6, 6.07) is 5.19. The van der Waals surface area contributed by atoms with E-state index in [4.69, 9.17) is 15.8 Å². The van der Waals surface area contributed by atoms with Crippen LogP contribution in [-0.4, -0.2) is 59.3 Å². The zero-order valence-electron chi connectivity index (χ0n) is 13.6. The molecule has 1 heterocycles. The standard InChI is InChI=1S/C15H21BFN3O5/c17-10-2-4-11(5-3-10)20(7-1-6-16(24)25)13(21)12-8-19-9-15(12,18)14(22)23/h2-5,12,19,24-25H,1,6-9,18H2,(H,22,23)/t12-,15+/m1/s1. The van der Waals surface area contributed by atoms with Crippen molar-refractivity contribution in [3.8, 4) is 0 Å². The van der Waals surface area contributed by atoms with Crippen molar-refractivity contribution in [3.63, 3.8) is 0 Å². The quantitative estimate of drug-likeness (QED) is 0.398. The maximum atomic E-state index is 13.2. The van der Waals surface area contributed by atoms with Gasteiger partial charge in [-0.1, -0.05) is 0 Å². The molecule has 1 saturated heterocycles. The number of carbonyl (C=O) groups is 2. The van der Waals surface area contributed by atoms with Gasteiger partial charge in [0.05, 0.1) is 5.92 Å². The lowest BCUT2D eigenvalue weighted by molar-refractivity contribution is -0.146. The number of carboxylic acids is 1. The van der Waals surface area contributed by atoms with Gasteiger partial charge in [0, 0.05) is 25.3 Å². The first-order chi connectivity index (χ1) is 11.8. The smallest absolute Gasteiger partial charge is 0.451 e. The molecule has 0 saturated carbocycles. The van der Waals surface area contributed by atoms with Crippen molar-refractivity contribution in [3.05, 3.63) is 30.1 Å². The number of nitrogens with zero attached hydrogens (tertiary/aromatic N) is 1. The number of aliphatic carboxylic acids is 1. The van der Waals surface area contributed by atoms with E-state index in [2.05, 4.69) is 5.32 Å². The second-order valence-electron chi connectivity index (χ2n) is 6.12. The lowest BCUT2D eigenvalue weighted by atomic mass is 9.84. The molecule has 1 amide bonds. The van der Waals surface area contributed by atoms with E-state index in [1.54, 1.807) is 0 Å². The normalized spacial score (nSPS) is 22.6. The molecule has 0 aromatic heterocycles. The molecule has 136 valence electrons. The highest BCUT2D eigenvalue weighted by Gasteiger charge is 2.51. The minimum Gasteiger partial charge on any atom is -0.480 e. The van der Waals surface area contributed by atoms with Crippen molar-refractivity contribution in [2.75, 3.05) is 24.5 Å². The van der Waals surface area contributed by atoms with Gasteiger partial charge >= 0.3 is 13.1 Å². The first kappa shape index (κ1) is 19.3. The minimum atomic E-state index is -1.73. The predicted molar refractivity (Wildman–Crippen MR) is 89.3 cm³/mol. The third-order valence-electron chi connectivity index (χ3n) is 4.33.